The number of carboxylic acids is 1. The van der Waals surface area contributed by atoms with Gasteiger partial charge in [-0.15, -0.1) is 0 Å². The van der Waals surface area contributed by atoms with E-state index in [-0.39, 0.29) is 11.9 Å². The highest BCUT2D eigenvalue weighted by Gasteiger charge is 2.29. The van der Waals surface area contributed by atoms with E-state index in [1.54, 1.807) is 0 Å². The molecule has 0 aromatic rings. The molecule has 0 bridgehead atoms. The van der Waals surface area contributed by atoms with Crippen LogP contribution in [-0.4, -0.2) is 35.2 Å². The van der Waals surface area contributed by atoms with Gasteiger partial charge in [-0.25, -0.2) is 0 Å². The number of hydrogen-bond acceptors (Lipinski definition) is 4. The molecule has 1 heterocycles. The van der Waals surface area contributed by atoms with Crippen molar-refractivity contribution in [1.82, 2.24) is 5.32 Å². The largest absolute Gasteiger partial charge is 0.480 e. The molecule has 98 valence electrons. The second-order valence-electron chi connectivity index (χ2n) is 5.44. The molecule has 1 fully saturated rings. The minimum atomic E-state index is -0.852. The standard InChI is InChI=1S/C12H21NO4/c1-12(2,3)17-11(16)8-4-5-9(10(14)15)13-7-6-8/h8-9,13H,4-7H2,1-3H3,(H,14,15)/t8-,9-/m1/s1. The van der Waals surface area contributed by atoms with Crippen molar-refractivity contribution in [2.45, 2.75) is 51.7 Å². The van der Waals surface area contributed by atoms with Gasteiger partial charge in [-0.05, 0) is 46.6 Å². The Balaban J connectivity index is 2.51. The lowest BCUT2D eigenvalue weighted by Crippen LogP contribution is -2.35. The van der Waals surface area contributed by atoms with Crippen molar-refractivity contribution < 1.29 is 19.4 Å². The summed E-state index contributed by atoms with van der Waals surface area (Å²) in [6, 6.07) is -0.539. The molecule has 0 spiro atoms. The van der Waals surface area contributed by atoms with Gasteiger partial charge < -0.3 is 15.2 Å². The van der Waals surface area contributed by atoms with Gasteiger partial charge in [-0.2, -0.15) is 0 Å². The van der Waals surface area contributed by atoms with Crippen LogP contribution in [0.3, 0.4) is 0 Å². The Kier molecular flexibility index (Phi) is 4.51. The van der Waals surface area contributed by atoms with E-state index in [4.69, 9.17) is 9.84 Å². The number of hydrogen-bond donors (Lipinski definition) is 2. The molecule has 2 N–H and O–H groups in total. The van der Waals surface area contributed by atoms with Crippen LogP contribution in [-0.2, 0) is 14.3 Å². The lowest BCUT2D eigenvalue weighted by atomic mass is 9.99. The normalized spacial score (nSPS) is 26.1. The van der Waals surface area contributed by atoms with Gasteiger partial charge in [-0.3, -0.25) is 9.59 Å². The molecule has 1 saturated heterocycles. The van der Waals surface area contributed by atoms with E-state index in [0.29, 0.717) is 25.8 Å². The summed E-state index contributed by atoms with van der Waals surface area (Å²) >= 11 is 0. The number of aliphatic carboxylic acids is 1. The first-order valence-corrected chi connectivity index (χ1v) is 5.98. The van der Waals surface area contributed by atoms with Crippen molar-refractivity contribution in [1.29, 1.82) is 0 Å². The van der Waals surface area contributed by atoms with Crippen LogP contribution in [0.1, 0.15) is 40.0 Å². The third kappa shape index (κ3) is 4.73. The highest BCUT2D eigenvalue weighted by Crippen LogP contribution is 2.21. The molecule has 0 aromatic heterocycles. The van der Waals surface area contributed by atoms with Gasteiger partial charge in [-0.1, -0.05) is 0 Å². The number of carbonyl (C=O) groups is 2. The highest BCUT2D eigenvalue weighted by molar-refractivity contribution is 5.75. The van der Waals surface area contributed by atoms with E-state index >= 15 is 0 Å². The van der Waals surface area contributed by atoms with E-state index in [9.17, 15) is 9.59 Å². The van der Waals surface area contributed by atoms with Gasteiger partial charge >= 0.3 is 11.9 Å². The van der Waals surface area contributed by atoms with Crippen molar-refractivity contribution in [3.8, 4) is 0 Å². The summed E-state index contributed by atoms with van der Waals surface area (Å²) in [6.07, 6.45) is 1.68. The minimum absolute atomic E-state index is 0.189. The second kappa shape index (κ2) is 5.49. The smallest absolute Gasteiger partial charge is 0.320 e. The Labute approximate surface area is 102 Å². The maximum Gasteiger partial charge on any atom is 0.320 e. The number of carboxylic acid groups (broad SMARTS) is 1. The fourth-order valence-corrected chi connectivity index (χ4v) is 1.88. The molecule has 1 rings (SSSR count). The van der Waals surface area contributed by atoms with E-state index in [1.165, 1.54) is 0 Å². The third-order valence-electron chi connectivity index (χ3n) is 2.73. The molecule has 0 saturated carbocycles. The molecule has 2 atom stereocenters. The zero-order chi connectivity index (χ0) is 13.1. The first-order chi connectivity index (χ1) is 7.79. The van der Waals surface area contributed by atoms with Crippen LogP contribution in [0.5, 0.6) is 0 Å². The predicted molar refractivity (Wildman–Crippen MR) is 62.6 cm³/mol. The Morgan fingerprint density at radius 2 is 1.88 bits per heavy atom. The zero-order valence-electron chi connectivity index (χ0n) is 10.7. The van der Waals surface area contributed by atoms with Crippen LogP contribution in [0, 0.1) is 5.92 Å². The molecular formula is C12H21NO4. The van der Waals surface area contributed by atoms with Crippen molar-refractivity contribution >= 4 is 11.9 Å². The lowest BCUT2D eigenvalue weighted by molar-refractivity contribution is -0.160. The fourth-order valence-electron chi connectivity index (χ4n) is 1.88. The van der Waals surface area contributed by atoms with Crippen LogP contribution >= 0.6 is 0 Å². The number of carbonyl (C=O) groups excluding carboxylic acids is 1. The van der Waals surface area contributed by atoms with Crippen LogP contribution < -0.4 is 5.32 Å². The van der Waals surface area contributed by atoms with Crippen molar-refractivity contribution in [2.24, 2.45) is 5.92 Å². The molecule has 5 nitrogen and oxygen atoms in total. The van der Waals surface area contributed by atoms with Crippen molar-refractivity contribution in [3.05, 3.63) is 0 Å². The third-order valence-corrected chi connectivity index (χ3v) is 2.73. The van der Waals surface area contributed by atoms with E-state index < -0.39 is 17.6 Å². The monoisotopic (exact) mass is 243 g/mol. The van der Waals surface area contributed by atoms with Crippen LogP contribution in [0.25, 0.3) is 0 Å². The van der Waals surface area contributed by atoms with Crippen molar-refractivity contribution in [3.63, 3.8) is 0 Å². The number of rotatable bonds is 2. The topological polar surface area (TPSA) is 75.6 Å². The minimum Gasteiger partial charge on any atom is -0.480 e. The summed E-state index contributed by atoms with van der Waals surface area (Å²) < 4.78 is 5.31. The number of esters is 1. The van der Waals surface area contributed by atoms with Crippen molar-refractivity contribution in [2.75, 3.05) is 6.54 Å². The summed E-state index contributed by atoms with van der Waals surface area (Å²) in [5.74, 6) is -1.26. The van der Waals surface area contributed by atoms with E-state index in [1.807, 2.05) is 20.8 Å². The second-order valence-corrected chi connectivity index (χ2v) is 5.44. The van der Waals surface area contributed by atoms with Gasteiger partial charge in [0.2, 0.25) is 0 Å². The SMILES string of the molecule is CC(C)(C)OC(=O)[C@H]1CCN[C@@H](C(=O)O)CC1. The Morgan fingerprint density at radius 1 is 1.24 bits per heavy atom. The zero-order valence-corrected chi connectivity index (χ0v) is 10.7. The molecule has 5 heteroatoms. The summed E-state index contributed by atoms with van der Waals surface area (Å²) in [5, 5.41) is 11.8. The molecule has 0 unspecified atom stereocenters. The molecule has 1 aliphatic rings. The molecule has 0 aliphatic carbocycles. The van der Waals surface area contributed by atoms with Gasteiger partial charge in [0, 0.05) is 0 Å². The van der Waals surface area contributed by atoms with E-state index in [2.05, 4.69) is 5.32 Å². The quantitative estimate of drug-likeness (QED) is 0.712. The van der Waals surface area contributed by atoms with Gasteiger partial charge in [0.15, 0.2) is 0 Å². The fraction of sp³-hybridized carbons (Fsp3) is 0.833. The van der Waals surface area contributed by atoms with Gasteiger partial charge in [0.05, 0.1) is 5.92 Å². The summed E-state index contributed by atoms with van der Waals surface area (Å²) in [6.45, 7) is 6.04. The molecular weight excluding hydrogens is 222 g/mol. The van der Waals surface area contributed by atoms with E-state index in [0.717, 1.165) is 0 Å². The predicted octanol–water partition coefficient (Wildman–Crippen LogP) is 1.17. The molecule has 0 amide bonds. The average molecular weight is 243 g/mol. The first-order valence-electron chi connectivity index (χ1n) is 5.98. The van der Waals surface area contributed by atoms with Gasteiger partial charge in [0.1, 0.15) is 11.6 Å². The number of nitrogens with one attached hydrogen (secondary N) is 1. The van der Waals surface area contributed by atoms with Crippen LogP contribution in [0.4, 0.5) is 0 Å². The maximum absolute atomic E-state index is 11.8. The average Bonchev–Trinajstić information content (AvgIpc) is 2.39. The summed E-state index contributed by atoms with van der Waals surface area (Å²) in [5.41, 5.74) is -0.483. The summed E-state index contributed by atoms with van der Waals surface area (Å²) in [7, 11) is 0. The Bertz CT molecular complexity index is 295. The molecule has 0 aromatic carbocycles. The molecule has 0 radical (unpaired) electrons. The molecule has 17 heavy (non-hydrogen) atoms. The van der Waals surface area contributed by atoms with Crippen LogP contribution in [0.15, 0.2) is 0 Å². The number of ether oxygens (including phenoxy) is 1. The maximum atomic E-state index is 11.8. The van der Waals surface area contributed by atoms with Crippen LogP contribution in [0.2, 0.25) is 0 Å². The molecule has 1 aliphatic heterocycles. The Hall–Kier alpha value is -1.10. The first kappa shape index (κ1) is 14.0. The lowest BCUT2D eigenvalue weighted by Gasteiger charge is -2.23. The highest BCUT2D eigenvalue weighted by atomic mass is 16.6. The summed E-state index contributed by atoms with van der Waals surface area (Å²) in [4.78, 5) is 22.7. The van der Waals surface area contributed by atoms with Gasteiger partial charge in [0.25, 0.3) is 0 Å². The Morgan fingerprint density at radius 3 is 2.41 bits per heavy atom.